The summed E-state index contributed by atoms with van der Waals surface area (Å²) in [5, 5.41) is 0. The average molecular weight is 190 g/mol. The zero-order valence-electron chi connectivity index (χ0n) is 8.57. The number of hydrogen-bond donors (Lipinski definition) is 0. The van der Waals surface area contributed by atoms with Crippen molar-refractivity contribution in [3.63, 3.8) is 0 Å². The van der Waals surface area contributed by atoms with Crippen LogP contribution in [0.5, 0.6) is 0 Å². The lowest BCUT2D eigenvalue weighted by molar-refractivity contribution is 0.347. The fraction of sp³-hybridized carbons (Fsp3) is 1.00. The van der Waals surface area contributed by atoms with Gasteiger partial charge in [-0.1, -0.05) is 39.5 Å². The molecule has 0 aliphatic rings. The molecule has 0 N–H and O–H groups in total. The summed E-state index contributed by atoms with van der Waals surface area (Å²) in [6.45, 7) is 5.45. The van der Waals surface area contributed by atoms with Crippen molar-refractivity contribution in [3.8, 4) is 0 Å². The van der Waals surface area contributed by atoms with E-state index in [2.05, 4.69) is 13.8 Å². The molecule has 74 valence electrons. The third-order valence-electron chi connectivity index (χ3n) is 1.83. The maximum atomic E-state index is 5.51. The normalized spacial score (nSPS) is 11.5. The Morgan fingerprint density at radius 1 is 0.917 bits per heavy atom. The van der Waals surface area contributed by atoms with Crippen LogP contribution in [0.3, 0.4) is 0 Å². The number of hydrogen-bond acceptors (Lipinski definition) is 1. The van der Waals surface area contributed by atoms with E-state index in [4.69, 9.17) is 4.52 Å². The van der Waals surface area contributed by atoms with Crippen LogP contribution in [0.1, 0.15) is 52.4 Å². The Balaban J connectivity index is 2.73. The maximum Gasteiger partial charge on any atom is 0.0505 e. The highest BCUT2D eigenvalue weighted by Crippen LogP contribution is 2.15. The van der Waals surface area contributed by atoms with Crippen molar-refractivity contribution in [1.29, 1.82) is 0 Å². The molecule has 0 rings (SSSR count). The first kappa shape index (κ1) is 12.4. The van der Waals surface area contributed by atoms with Crippen molar-refractivity contribution in [2.24, 2.45) is 0 Å². The summed E-state index contributed by atoms with van der Waals surface area (Å²) in [6.07, 6.45) is 9.17. The second-order valence-electron chi connectivity index (χ2n) is 3.16. The smallest absolute Gasteiger partial charge is 0.0505 e. The van der Waals surface area contributed by atoms with Crippen molar-refractivity contribution >= 4 is 8.81 Å². The van der Waals surface area contributed by atoms with Crippen LogP contribution in [0.4, 0.5) is 0 Å². The monoisotopic (exact) mass is 190 g/mol. The van der Waals surface area contributed by atoms with Crippen molar-refractivity contribution < 1.29 is 4.52 Å². The Morgan fingerprint density at radius 2 is 1.58 bits per heavy atom. The molecule has 0 fully saturated rings. The van der Waals surface area contributed by atoms with Gasteiger partial charge in [0, 0.05) is 8.81 Å². The van der Waals surface area contributed by atoms with E-state index < -0.39 is 0 Å². The van der Waals surface area contributed by atoms with Crippen LogP contribution in [0.15, 0.2) is 0 Å². The molecule has 0 bridgehead atoms. The van der Waals surface area contributed by atoms with Gasteiger partial charge in [0.05, 0.1) is 6.61 Å². The quantitative estimate of drug-likeness (QED) is 0.395. The van der Waals surface area contributed by atoms with Gasteiger partial charge in [0.15, 0.2) is 0 Å². The van der Waals surface area contributed by atoms with E-state index in [-0.39, 0.29) is 0 Å². The van der Waals surface area contributed by atoms with E-state index in [1.165, 1.54) is 44.7 Å². The van der Waals surface area contributed by atoms with Gasteiger partial charge in [-0.25, -0.2) is 0 Å². The summed E-state index contributed by atoms with van der Waals surface area (Å²) >= 11 is 0. The molecular weight excluding hydrogens is 167 g/mol. The molecule has 0 saturated heterocycles. The van der Waals surface area contributed by atoms with Gasteiger partial charge in [-0.3, -0.25) is 0 Å². The average Bonchev–Trinajstić information content (AvgIpc) is 2.10. The molecule has 1 atom stereocenters. The lowest BCUT2D eigenvalue weighted by atomic mass is 10.3. The van der Waals surface area contributed by atoms with Gasteiger partial charge in [0.2, 0.25) is 0 Å². The van der Waals surface area contributed by atoms with Crippen LogP contribution in [0, 0.1) is 0 Å². The molecule has 0 aliphatic carbocycles. The minimum atomic E-state index is 0.753. The Bertz CT molecular complexity index is 66.2. The highest BCUT2D eigenvalue weighted by Gasteiger charge is 1.89. The molecule has 1 unspecified atom stereocenters. The molecule has 1 nitrogen and oxygen atoms in total. The Hall–Kier alpha value is 0.390. The van der Waals surface area contributed by atoms with Crippen molar-refractivity contribution in [2.75, 3.05) is 12.8 Å². The summed E-state index contributed by atoms with van der Waals surface area (Å²) < 4.78 is 5.51. The minimum Gasteiger partial charge on any atom is -0.362 e. The van der Waals surface area contributed by atoms with Gasteiger partial charge in [-0.05, 0) is 19.0 Å². The van der Waals surface area contributed by atoms with Crippen LogP contribution in [-0.2, 0) is 4.52 Å². The largest absolute Gasteiger partial charge is 0.362 e. The minimum absolute atomic E-state index is 0.753. The van der Waals surface area contributed by atoms with E-state index in [1.807, 2.05) is 0 Å². The first-order valence-electron chi connectivity index (χ1n) is 5.26. The van der Waals surface area contributed by atoms with Gasteiger partial charge in [0.25, 0.3) is 0 Å². The van der Waals surface area contributed by atoms with E-state index in [1.54, 1.807) is 0 Å². The molecule has 0 aromatic carbocycles. The van der Waals surface area contributed by atoms with Crippen molar-refractivity contribution in [3.05, 3.63) is 0 Å². The second kappa shape index (κ2) is 11.4. The highest BCUT2D eigenvalue weighted by atomic mass is 31.1. The molecule has 12 heavy (non-hydrogen) atoms. The predicted octanol–water partition coefficient (Wildman–Crippen LogP) is 3.98. The van der Waals surface area contributed by atoms with Gasteiger partial charge in [-0.15, -0.1) is 0 Å². The highest BCUT2D eigenvalue weighted by molar-refractivity contribution is 7.32. The van der Waals surface area contributed by atoms with Crippen LogP contribution in [0.25, 0.3) is 0 Å². The van der Waals surface area contributed by atoms with Gasteiger partial charge in [0.1, 0.15) is 0 Å². The van der Waals surface area contributed by atoms with Crippen molar-refractivity contribution in [2.45, 2.75) is 52.4 Å². The molecular formula is C10H23OP. The molecule has 0 amide bonds. The molecule has 0 aliphatic heterocycles. The first-order chi connectivity index (χ1) is 5.91. The molecule has 0 aromatic heterocycles. The van der Waals surface area contributed by atoms with E-state index >= 15 is 0 Å². The fourth-order valence-corrected chi connectivity index (χ4v) is 1.84. The fourth-order valence-electron chi connectivity index (χ4n) is 1.02. The molecule has 0 saturated carbocycles. The van der Waals surface area contributed by atoms with Crippen LogP contribution in [0.2, 0.25) is 0 Å². The third-order valence-corrected chi connectivity index (χ3v) is 2.80. The van der Waals surface area contributed by atoms with Crippen LogP contribution < -0.4 is 0 Å². The standard InChI is InChI=1S/C10H23OP/c1-3-5-7-9-11-12-10-8-6-4-2/h12H,3-10H2,1-2H3. The number of rotatable bonds is 9. The van der Waals surface area contributed by atoms with Gasteiger partial charge in [-0.2, -0.15) is 0 Å². The lowest BCUT2D eigenvalue weighted by Crippen LogP contribution is -1.86. The molecule has 0 spiro atoms. The molecule has 0 aromatic rings. The maximum absolute atomic E-state index is 5.51. The topological polar surface area (TPSA) is 9.23 Å². The Labute approximate surface area is 79.1 Å². The van der Waals surface area contributed by atoms with E-state index in [9.17, 15) is 0 Å². The summed E-state index contributed by atoms with van der Waals surface area (Å²) in [5.41, 5.74) is 0. The molecule has 0 radical (unpaired) electrons. The van der Waals surface area contributed by atoms with Gasteiger partial charge >= 0.3 is 0 Å². The van der Waals surface area contributed by atoms with Gasteiger partial charge < -0.3 is 4.52 Å². The van der Waals surface area contributed by atoms with Crippen LogP contribution >= 0.6 is 8.81 Å². The second-order valence-corrected chi connectivity index (χ2v) is 4.23. The lowest BCUT2D eigenvalue weighted by Gasteiger charge is -2.02. The number of unbranched alkanes of at least 4 members (excludes halogenated alkanes) is 4. The Morgan fingerprint density at radius 3 is 2.25 bits per heavy atom. The Kier molecular flexibility index (Phi) is 11.8. The van der Waals surface area contributed by atoms with Crippen LogP contribution in [-0.4, -0.2) is 12.8 Å². The summed E-state index contributed by atoms with van der Waals surface area (Å²) in [7, 11) is 0.753. The summed E-state index contributed by atoms with van der Waals surface area (Å²) in [5.74, 6) is 0. The predicted molar refractivity (Wildman–Crippen MR) is 58.2 cm³/mol. The van der Waals surface area contributed by atoms with Crippen molar-refractivity contribution in [1.82, 2.24) is 0 Å². The zero-order valence-corrected chi connectivity index (χ0v) is 9.57. The third kappa shape index (κ3) is 10.4. The summed E-state index contributed by atoms with van der Waals surface area (Å²) in [6, 6.07) is 0. The SMILES string of the molecule is CCCCCOPCCCCC. The van der Waals surface area contributed by atoms with E-state index in [0.29, 0.717) is 0 Å². The molecule has 0 heterocycles. The zero-order chi connectivity index (χ0) is 9.07. The first-order valence-corrected chi connectivity index (χ1v) is 6.38. The summed E-state index contributed by atoms with van der Waals surface area (Å²) in [4.78, 5) is 0. The molecule has 2 heteroatoms. The van der Waals surface area contributed by atoms with E-state index in [0.717, 1.165) is 15.4 Å².